The monoisotopic (exact) mass is 280 g/mol. The van der Waals surface area contributed by atoms with Gasteiger partial charge in [0.1, 0.15) is 11.6 Å². The van der Waals surface area contributed by atoms with Crippen LogP contribution < -0.4 is 4.74 Å². The maximum absolute atomic E-state index is 13.0. The number of benzene rings is 1. The Kier molecular flexibility index (Phi) is 9.85. The van der Waals surface area contributed by atoms with Crippen LogP contribution in [-0.2, 0) is 6.42 Å². The smallest absolute Gasteiger partial charge is 0.123 e. The molecule has 0 aliphatic carbocycles. The molecule has 0 unspecified atom stereocenters. The van der Waals surface area contributed by atoms with E-state index in [0.717, 1.165) is 24.2 Å². The standard InChI is InChI=1S/C12H17FO.C3H4N2O/c1-9(2)4-5-10-8-11(13)6-7-12(10)14-3;4-2-1-3-5-6/h6-9H,4-5H2,1-3H3;1,3H2. The molecule has 0 bridgehead atoms. The molecule has 0 amide bonds. The Morgan fingerprint density at radius 2 is 2.15 bits per heavy atom. The molecule has 0 heterocycles. The van der Waals surface area contributed by atoms with Gasteiger partial charge in [-0.15, -0.1) is 0 Å². The van der Waals surface area contributed by atoms with Gasteiger partial charge in [0.05, 0.1) is 26.1 Å². The fourth-order valence-electron chi connectivity index (χ4n) is 1.48. The zero-order valence-corrected chi connectivity index (χ0v) is 12.2. The van der Waals surface area contributed by atoms with Gasteiger partial charge in [0.15, 0.2) is 0 Å². The first-order valence-electron chi connectivity index (χ1n) is 6.53. The van der Waals surface area contributed by atoms with E-state index in [1.165, 1.54) is 6.07 Å². The SMILES string of the molecule is COc1ccc(F)cc1CCC(C)C.N#CCCN=O. The Morgan fingerprint density at radius 1 is 1.45 bits per heavy atom. The van der Waals surface area contributed by atoms with Gasteiger partial charge in [-0.05, 0) is 42.5 Å². The maximum atomic E-state index is 13.0. The summed E-state index contributed by atoms with van der Waals surface area (Å²) in [6.07, 6.45) is 2.17. The van der Waals surface area contributed by atoms with Gasteiger partial charge in [0, 0.05) is 0 Å². The van der Waals surface area contributed by atoms with Crippen LogP contribution in [0, 0.1) is 28.0 Å². The molecule has 0 spiro atoms. The second-order valence-electron chi connectivity index (χ2n) is 4.65. The molecule has 1 aromatic carbocycles. The second kappa shape index (κ2) is 10.9. The molecule has 1 aromatic rings. The molecule has 0 aliphatic heterocycles. The van der Waals surface area contributed by atoms with E-state index in [2.05, 4.69) is 19.0 Å². The Hall–Kier alpha value is -1.96. The van der Waals surface area contributed by atoms with E-state index >= 15 is 0 Å². The van der Waals surface area contributed by atoms with Crippen molar-refractivity contribution in [1.29, 1.82) is 5.26 Å². The number of halogens is 1. The highest BCUT2D eigenvalue weighted by Crippen LogP contribution is 2.22. The second-order valence-corrected chi connectivity index (χ2v) is 4.65. The normalized spacial score (nSPS) is 9.40. The van der Waals surface area contributed by atoms with E-state index in [1.807, 2.05) is 0 Å². The average molecular weight is 280 g/mol. The van der Waals surface area contributed by atoms with Crippen molar-refractivity contribution in [3.63, 3.8) is 0 Å². The lowest BCUT2D eigenvalue weighted by molar-refractivity contribution is 0.406. The van der Waals surface area contributed by atoms with Crippen LogP contribution >= 0.6 is 0 Å². The van der Waals surface area contributed by atoms with E-state index < -0.39 is 0 Å². The van der Waals surface area contributed by atoms with Crippen LogP contribution in [0.2, 0.25) is 0 Å². The van der Waals surface area contributed by atoms with Crippen molar-refractivity contribution in [1.82, 2.24) is 0 Å². The number of nitrogens with zero attached hydrogens (tertiary/aromatic N) is 2. The van der Waals surface area contributed by atoms with E-state index in [1.54, 1.807) is 25.3 Å². The highest BCUT2D eigenvalue weighted by atomic mass is 19.1. The van der Waals surface area contributed by atoms with Gasteiger partial charge in [-0.25, -0.2) is 4.39 Å². The van der Waals surface area contributed by atoms with E-state index in [0.29, 0.717) is 5.92 Å². The quantitative estimate of drug-likeness (QED) is 0.582. The number of methoxy groups -OCH3 is 1. The number of nitroso groups, excluding NO2 is 1. The number of rotatable bonds is 6. The zero-order chi connectivity index (χ0) is 15.4. The maximum Gasteiger partial charge on any atom is 0.123 e. The van der Waals surface area contributed by atoms with E-state index in [9.17, 15) is 4.39 Å². The van der Waals surface area contributed by atoms with Gasteiger partial charge in [-0.2, -0.15) is 10.2 Å². The van der Waals surface area contributed by atoms with E-state index in [4.69, 9.17) is 14.9 Å². The molecule has 0 radical (unpaired) electrons. The van der Waals surface area contributed by atoms with Gasteiger partial charge < -0.3 is 4.74 Å². The molecule has 5 heteroatoms. The minimum Gasteiger partial charge on any atom is -0.496 e. The molecule has 0 fully saturated rings. The summed E-state index contributed by atoms with van der Waals surface area (Å²) in [7, 11) is 1.62. The Balaban J connectivity index is 0.000000511. The van der Waals surface area contributed by atoms with Gasteiger partial charge in [-0.1, -0.05) is 19.0 Å². The summed E-state index contributed by atoms with van der Waals surface area (Å²) in [5.74, 6) is 1.22. The first kappa shape index (κ1) is 18.0. The van der Waals surface area contributed by atoms with Crippen molar-refractivity contribution in [2.45, 2.75) is 33.1 Å². The Morgan fingerprint density at radius 3 is 2.60 bits per heavy atom. The molecule has 1 rings (SSSR count). The third-order valence-electron chi connectivity index (χ3n) is 2.55. The molecule has 0 atom stereocenters. The molecule has 20 heavy (non-hydrogen) atoms. The van der Waals surface area contributed by atoms with Crippen LogP contribution in [-0.4, -0.2) is 13.7 Å². The van der Waals surface area contributed by atoms with Crippen molar-refractivity contribution >= 4 is 0 Å². The number of nitriles is 1. The molecule has 0 saturated carbocycles. The topological polar surface area (TPSA) is 62.4 Å². The number of ether oxygens (including phenoxy) is 1. The first-order chi connectivity index (χ1) is 9.54. The van der Waals surface area contributed by atoms with Crippen molar-refractivity contribution < 1.29 is 9.13 Å². The summed E-state index contributed by atoms with van der Waals surface area (Å²) in [6.45, 7) is 4.44. The minimum atomic E-state index is -0.190. The van der Waals surface area contributed by atoms with Crippen LogP contribution in [0.3, 0.4) is 0 Å². The predicted molar refractivity (Wildman–Crippen MR) is 77.0 cm³/mol. The van der Waals surface area contributed by atoms with Crippen molar-refractivity contribution in [2.75, 3.05) is 13.7 Å². The molecule has 0 N–H and O–H groups in total. The number of aryl methyl sites for hydroxylation is 1. The first-order valence-corrected chi connectivity index (χ1v) is 6.53. The van der Waals surface area contributed by atoms with Crippen LogP contribution in [0.15, 0.2) is 23.4 Å². The fourth-order valence-corrected chi connectivity index (χ4v) is 1.48. The third-order valence-corrected chi connectivity index (χ3v) is 2.55. The molecule has 0 saturated heterocycles. The van der Waals surface area contributed by atoms with Crippen molar-refractivity contribution in [3.8, 4) is 11.8 Å². The summed E-state index contributed by atoms with van der Waals surface area (Å²) in [6, 6.07) is 6.45. The summed E-state index contributed by atoms with van der Waals surface area (Å²) in [5.41, 5.74) is 0.959. The van der Waals surface area contributed by atoms with Crippen LogP contribution in [0.1, 0.15) is 32.3 Å². The van der Waals surface area contributed by atoms with Crippen LogP contribution in [0.25, 0.3) is 0 Å². The molecule has 110 valence electrons. The Bertz CT molecular complexity index is 442. The highest BCUT2D eigenvalue weighted by Gasteiger charge is 2.05. The van der Waals surface area contributed by atoms with E-state index in [-0.39, 0.29) is 18.8 Å². The molecule has 0 aromatic heterocycles. The van der Waals surface area contributed by atoms with Crippen LogP contribution in [0.4, 0.5) is 4.39 Å². The Labute approximate surface area is 119 Å². The summed E-state index contributed by atoms with van der Waals surface area (Å²) >= 11 is 0. The molecular weight excluding hydrogens is 259 g/mol. The molecule has 0 aliphatic rings. The molecular formula is C15H21FN2O2. The summed E-state index contributed by atoms with van der Waals surface area (Å²) in [4.78, 5) is 9.16. The van der Waals surface area contributed by atoms with Gasteiger partial charge in [0.2, 0.25) is 0 Å². The predicted octanol–water partition coefficient (Wildman–Crippen LogP) is 4.09. The minimum absolute atomic E-state index is 0.122. The van der Waals surface area contributed by atoms with Crippen molar-refractivity contribution in [2.24, 2.45) is 11.1 Å². The lowest BCUT2D eigenvalue weighted by Crippen LogP contribution is -1.96. The third kappa shape index (κ3) is 8.20. The highest BCUT2D eigenvalue weighted by molar-refractivity contribution is 5.33. The van der Waals surface area contributed by atoms with Gasteiger partial charge in [0.25, 0.3) is 0 Å². The number of hydrogen-bond acceptors (Lipinski definition) is 4. The zero-order valence-electron chi connectivity index (χ0n) is 12.2. The molecule has 4 nitrogen and oxygen atoms in total. The van der Waals surface area contributed by atoms with Gasteiger partial charge >= 0.3 is 0 Å². The van der Waals surface area contributed by atoms with Gasteiger partial charge in [-0.3, -0.25) is 0 Å². The summed E-state index contributed by atoms with van der Waals surface area (Å²) < 4.78 is 18.1. The summed E-state index contributed by atoms with van der Waals surface area (Å²) in [5, 5.41) is 10.2. The lowest BCUT2D eigenvalue weighted by Gasteiger charge is -2.09. The number of hydrogen-bond donors (Lipinski definition) is 0. The fraction of sp³-hybridized carbons (Fsp3) is 0.533. The van der Waals surface area contributed by atoms with Crippen molar-refractivity contribution in [3.05, 3.63) is 34.5 Å². The van der Waals surface area contributed by atoms with Crippen LogP contribution in [0.5, 0.6) is 5.75 Å². The average Bonchev–Trinajstić information content (AvgIpc) is 2.43. The lowest BCUT2D eigenvalue weighted by atomic mass is 10.0. The largest absolute Gasteiger partial charge is 0.496 e.